The molecule has 1 aromatic rings. The molecule has 0 saturated heterocycles. The third-order valence-electron chi connectivity index (χ3n) is 3.49. The zero-order valence-corrected chi connectivity index (χ0v) is 11.8. The minimum absolute atomic E-state index is 0.537. The molecule has 1 saturated carbocycles. The van der Waals surface area contributed by atoms with Crippen molar-refractivity contribution in [3.63, 3.8) is 0 Å². The van der Waals surface area contributed by atoms with Crippen molar-refractivity contribution in [1.82, 2.24) is 9.97 Å². The van der Waals surface area contributed by atoms with Gasteiger partial charge in [0.25, 0.3) is 0 Å². The van der Waals surface area contributed by atoms with Gasteiger partial charge in [0.05, 0.1) is 0 Å². The number of nitrogens with two attached hydrogens (primary N) is 1. The van der Waals surface area contributed by atoms with Crippen LogP contribution in [-0.2, 0) is 0 Å². The second-order valence-corrected chi connectivity index (χ2v) is 5.66. The molecule has 1 fully saturated rings. The normalized spacial score (nSPS) is 16.7. The average Bonchev–Trinajstić information content (AvgIpc) is 2.39. The van der Waals surface area contributed by atoms with Crippen LogP contribution in [0.2, 0.25) is 0 Å². The first-order valence-corrected chi connectivity index (χ1v) is 7.93. The first-order valence-electron chi connectivity index (χ1n) is 6.70. The Hall–Kier alpha value is -0.970. The lowest BCUT2D eigenvalue weighted by Crippen LogP contribution is -2.13. The summed E-state index contributed by atoms with van der Waals surface area (Å²) in [6.45, 7) is 0.981. The van der Waals surface area contributed by atoms with Gasteiger partial charge in [-0.15, -0.1) is 0 Å². The molecule has 100 valence electrons. The van der Waals surface area contributed by atoms with Crippen LogP contribution in [0.25, 0.3) is 0 Å². The molecular weight excluding hydrogens is 244 g/mol. The Kier molecular flexibility index (Phi) is 5.11. The maximum absolute atomic E-state index is 5.75. The van der Waals surface area contributed by atoms with Crippen molar-refractivity contribution in [3.8, 4) is 0 Å². The van der Waals surface area contributed by atoms with Crippen molar-refractivity contribution in [2.24, 2.45) is 5.92 Å². The van der Waals surface area contributed by atoms with E-state index in [0.29, 0.717) is 5.82 Å². The molecule has 2 rings (SSSR count). The predicted molar refractivity (Wildman–Crippen MR) is 77.9 cm³/mol. The highest BCUT2D eigenvalue weighted by molar-refractivity contribution is 7.98. The molecule has 0 aromatic carbocycles. The van der Waals surface area contributed by atoms with Gasteiger partial charge in [-0.05, 0) is 18.6 Å². The third kappa shape index (κ3) is 4.05. The fourth-order valence-corrected chi connectivity index (χ4v) is 2.89. The topological polar surface area (TPSA) is 63.8 Å². The summed E-state index contributed by atoms with van der Waals surface area (Å²) in [5, 5.41) is 4.09. The largest absolute Gasteiger partial charge is 0.383 e. The van der Waals surface area contributed by atoms with E-state index in [2.05, 4.69) is 15.3 Å². The van der Waals surface area contributed by atoms with Crippen molar-refractivity contribution in [2.45, 2.75) is 43.7 Å². The second-order valence-electron chi connectivity index (χ2n) is 4.88. The Morgan fingerprint density at radius 2 is 2.11 bits per heavy atom. The van der Waals surface area contributed by atoms with Crippen LogP contribution in [0, 0.1) is 5.92 Å². The molecule has 1 aliphatic carbocycles. The smallest absolute Gasteiger partial charge is 0.191 e. The number of nitrogens with zero attached hydrogens (tertiary/aromatic N) is 2. The van der Waals surface area contributed by atoms with Gasteiger partial charge in [0, 0.05) is 12.6 Å². The van der Waals surface area contributed by atoms with Crippen molar-refractivity contribution < 1.29 is 0 Å². The summed E-state index contributed by atoms with van der Waals surface area (Å²) in [5.74, 6) is 2.28. The minimum Gasteiger partial charge on any atom is -0.383 e. The minimum atomic E-state index is 0.537. The van der Waals surface area contributed by atoms with Crippen LogP contribution in [0.3, 0.4) is 0 Å². The zero-order valence-electron chi connectivity index (χ0n) is 11.0. The molecule has 1 aliphatic rings. The highest BCUT2D eigenvalue weighted by Gasteiger charge is 2.12. The number of nitrogens with one attached hydrogen (secondary N) is 1. The molecule has 0 aliphatic heterocycles. The number of nitrogen functional groups attached to an aromatic ring is 1. The molecule has 18 heavy (non-hydrogen) atoms. The zero-order chi connectivity index (χ0) is 12.8. The van der Waals surface area contributed by atoms with Gasteiger partial charge in [-0.2, -0.15) is 0 Å². The van der Waals surface area contributed by atoms with Crippen molar-refractivity contribution in [3.05, 3.63) is 6.07 Å². The maximum atomic E-state index is 5.75. The van der Waals surface area contributed by atoms with Crippen molar-refractivity contribution >= 4 is 23.4 Å². The number of aromatic nitrogens is 2. The number of hydrogen-bond acceptors (Lipinski definition) is 5. The van der Waals surface area contributed by atoms with E-state index in [4.69, 9.17) is 5.73 Å². The van der Waals surface area contributed by atoms with Gasteiger partial charge in [0.2, 0.25) is 0 Å². The van der Waals surface area contributed by atoms with Gasteiger partial charge >= 0.3 is 0 Å². The van der Waals surface area contributed by atoms with Crippen LogP contribution in [-0.4, -0.2) is 22.8 Å². The van der Waals surface area contributed by atoms with E-state index in [9.17, 15) is 0 Å². The standard InChI is InChI=1S/C13H22N4S/c1-18-13-16-11(14)9-12(17-13)15-8-7-10-5-3-2-4-6-10/h9-10H,2-8H2,1H3,(H3,14,15,16,17). The number of rotatable bonds is 5. The monoisotopic (exact) mass is 266 g/mol. The van der Waals surface area contributed by atoms with Gasteiger partial charge in [0.1, 0.15) is 11.6 Å². The molecule has 0 amide bonds. The first kappa shape index (κ1) is 13.5. The Bertz CT molecular complexity index is 377. The van der Waals surface area contributed by atoms with E-state index in [1.165, 1.54) is 50.3 Å². The Morgan fingerprint density at radius 1 is 1.33 bits per heavy atom. The maximum Gasteiger partial charge on any atom is 0.191 e. The highest BCUT2D eigenvalue weighted by atomic mass is 32.2. The molecular formula is C13H22N4S. The summed E-state index contributed by atoms with van der Waals surface area (Å²) < 4.78 is 0. The summed E-state index contributed by atoms with van der Waals surface area (Å²) in [4.78, 5) is 8.54. The summed E-state index contributed by atoms with van der Waals surface area (Å²) in [7, 11) is 0. The van der Waals surface area contributed by atoms with Gasteiger partial charge < -0.3 is 11.1 Å². The van der Waals surface area contributed by atoms with Crippen LogP contribution >= 0.6 is 11.8 Å². The van der Waals surface area contributed by atoms with E-state index >= 15 is 0 Å². The molecule has 0 unspecified atom stereocenters. The molecule has 0 spiro atoms. The fourth-order valence-electron chi connectivity index (χ4n) is 2.51. The number of thioether (sulfide) groups is 1. The lowest BCUT2D eigenvalue weighted by molar-refractivity contribution is 0.345. The number of hydrogen-bond donors (Lipinski definition) is 2. The molecule has 5 heteroatoms. The number of anilines is 2. The quantitative estimate of drug-likeness (QED) is 0.633. The lowest BCUT2D eigenvalue weighted by Gasteiger charge is -2.21. The van der Waals surface area contributed by atoms with Crippen LogP contribution in [0.4, 0.5) is 11.6 Å². The summed E-state index contributed by atoms with van der Waals surface area (Å²) in [6, 6.07) is 1.81. The highest BCUT2D eigenvalue weighted by Crippen LogP contribution is 2.26. The molecule has 1 heterocycles. The fraction of sp³-hybridized carbons (Fsp3) is 0.692. The van der Waals surface area contributed by atoms with Crippen molar-refractivity contribution in [2.75, 3.05) is 23.9 Å². The van der Waals surface area contributed by atoms with Gasteiger partial charge in [0.15, 0.2) is 5.16 Å². The third-order valence-corrected chi connectivity index (χ3v) is 4.04. The second kappa shape index (κ2) is 6.83. The van der Waals surface area contributed by atoms with Crippen LogP contribution in [0.1, 0.15) is 38.5 Å². The Balaban J connectivity index is 1.80. The predicted octanol–water partition coefficient (Wildman–Crippen LogP) is 3.16. The summed E-state index contributed by atoms with van der Waals surface area (Å²) >= 11 is 1.52. The summed E-state index contributed by atoms with van der Waals surface area (Å²) in [5.41, 5.74) is 5.75. The molecule has 4 nitrogen and oxygen atoms in total. The molecule has 0 bridgehead atoms. The lowest BCUT2D eigenvalue weighted by atomic mass is 9.87. The van der Waals surface area contributed by atoms with Crippen LogP contribution in [0.5, 0.6) is 0 Å². The SMILES string of the molecule is CSc1nc(N)cc(NCCC2CCCCC2)n1. The van der Waals surface area contributed by atoms with Gasteiger partial charge in [-0.25, -0.2) is 9.97 Å². The van der Waals surface area contributed by atoms with Crippen molar-refractivity contribution in [1.29, 1.82) is 0 Å². The van der Waals surface area contributed by atoms with E-state index in [1.807, 2.05) is 6.26 Å². The summed E-state index contributed by atoms with van der Waals surface area (Å²) in [6.07, 6.45) is 10.2. The van der Waals surface area contributed by atoms with E-state index < -0.39 is 0 Å². The first-order chi connectivity index (χ1) is 8.78. The van der Waals surface area contributed by atoms with Crippen LogP contribution in [0.15, 0.2) is 11.2 Å². The van der Waals surface area contributed by atoms with Gasteiger partial charge in [-0.1, -0.05) is 43.9 Å². The van der Waals surface area contributed by atoms with E-state index in [1.54, 1.807) is 6.07 Å². The Morgan fingerprint density at radius 3 is 2.83 bits per heavy atom. The Labute approximate surface area is 113 Å². The van der Waals surface area contributed by atoms with E-state index in [-0.39, 0.29) is 0 Å². The van der Waals surface area contributed by atoms with E-state index in [0.717, 1.165) is 23.4 Å². The average molecular weight is 266 g/mol. The molecule has 0 radical (unpaired) electrons. The van der Waals surface area contributed by atoms with Gasteiger partial charge in [-0.3, -0.25) is 0 Å². The van der Waals surface area contributed by atoms with Crippen LogP contribution < -0.4 is 11.1 Å². The molecule has 3 N–H and O–H groups in total. The molecule has 0 atom stereocenters. The molecule has 1 aromatic heterocycles.